The molecule has 0 aliphatic carbocycles. The Labute approximate surface area is 140 Å². The number of aliphatic carboxylic acids is 1. The molecule has 1 N–H and O–H groups in total. The summed E-state index contributed by atoms with van der Waals surface area (Å²) in [6.07, 6.45) is 5.47. The summed E-state index contributed by atoms with van der Waals surface area (Å²) in [5, 5.41) is 9.62. The van der Waals surface area contributed by atoms with Crippen LogP contribution in [0.1, 0.15) is 12.0 Å². The SMILES string of the molecule is C=CC[C@H]1N(c2ccccc2C)C(=O)[C@@H]2[C@H](C(=O)O)[C@@H]3C=C[C@]21O3. The maximum atomic E-state index is 13.2. The zero-order chi connectivity index (χ0) is 17.1. The van der Waals surface area contributed by atoms with Gasteiger partial charge in [0.2, 0.25) is 5.91 Å². The van der Waals surface area contributed by atoms with Gasteiger partial charge in [0, 0.05) is 5.69 Å². The smallest absolute Gasteiger partial charge is 0.310 e. The van der Waals surface area contributed by atoms with E-state index in [0.717, 1.165) is 11.3 Å². The first-order chi connectivity index (χ1) is 11.5. The Kier molecular flexibility index (Phi) is 3.18. The largest absolute Gasteiger partial charge is 0.481 e. The molecule has 0 aromatic heterocycles. The average Bonchev–Trinajstić information content (AvgIpc) is 3.18. The lowest BCUT2D eigenvalue weighted by molar-refractivity contribution is -0.146. The van der Waals surface area contributed by atoms with Crippen molar-refractivity contribution >= 4 is 17.6 Å². The Morgan fingerprint density at radius 2 is 2.21 bits per heavy atom. The molecule has 4 rings (SSSR count). The number of carboxylic acid groups (broad SMARTS) is 1. The van der Waals surface area contributed by atoms with Gasteiger partial charge in [-0.1, -0.05) is 36.4 Å². The second-order valence-corrected chi connectivity index (χ2v) is 6.67. The number of nitrogens with zero attached hydrogens (tertiary/aromatic N) is 1. The van der Waals surface area contributed by atoms with E-state index in [0.29, 0.717) is 6.42 Å². The number of carbonyl (C=O) groups is 2. The zero-order valence-electron chi connectivity index (χ0n) is 13.4. The van der Waals surface area contributed by atoms with Gasteiger partial charge >= 0.3 is 5.97 Å². The summed E-state index contributed by atoms with van der Waals surface area (Å²) in [7, 11) is 0. The maximum Gasteiger partial charge on any atom is 0.310 e. The predicted molar refractivity (Wildman–Crippen MR) is 88.6 cm³/mol. The standard InChI is InChI=1S/C19H19NO4/c1-3-6-14-19-10-9-13(24-19)15(18(22)23)16(19)17(21)20(14)12-8-5-4-7-11(12)2/h3-5,7-10,13-16H,1,6H2,2H3,(H,22,23)/t13-,14+,15+,16-,19+/m0/s1. The van der Waals surface area contributed by atoms with E-state index in [1.807, 2.05) is 37.3 Å². The van der Waals surface area contributed by atoms with Gasteiger partial charge in [0.25, 0.3) is 0 Å². The number of anilines is 1. The van der Waals surface area contributed by atoms with Crippen LogP contribution in [0.15, 0.2) is 49.1 Å². The van der Waals surface area contributed by atoms with Crippen LogP contribution >= 0.6 is 0 Å². The summed E-state index contributed by atoms with van der Waals surface area (Å²) in [6.45, 7) is 5.76. The van der Waals surface area contributed by atoms with Crippen LogP contribution in [0.2, 0.25) is 0 Å². The van der Waals surface area contributed by atoms with E-state index in [2.05, 4.69) is 6.58 Å². The Morgan fingerprint density at radius 1 is 1.46 bits per heavy atom. The lowest BCUT2D eigenvalue weighted by atomic mass is 9.74. The highest BCUT2D eigenvalue weighted by Gasteiger charge is 2.71. The molecule has 2 fully saturated rings. The van der Waals surface area contributed by atoms with E-state index in [1.54, 1.807) is 17.1 Å². The van der Waals surface area contributed by atoms with Crippen LogP contribution < -0.4 is 4.90 Å². The van der Waals surface area contributed by atoms with Crippen LogP contribution in [0.25, 0.3) is 0 Å². The van der Waals surface area contributed by atoms with E-state index in [1.165, 1.54) is 0 Å². The Bertz CT molecular complexity index is 770. The van der Waals surface area contributed by atoms with Crippen molar-refractivity contribution in [2.24, 2.45) is 11.8 Å². The summed E-state index contributed by atoms with van der Waals surface area (Å²) in [6, 6.07) is 7.37. The minimum atomic E-state index is -0.978. The maximum absolute atomic E-state index is 13.2. The van der Waals surface area contributed by atoms with Gasteiger partial charge in [0.05, 0.1) is 18.1 Å². The third-order valence-electron chi connectivity index (χ3n) is 5.47. The summed E-state index contributed by atoms with van der Waals surface area (Å²) in [5.74, 6) is -2.66. The second-order valence-electron chi connectivity index (χ2n) is 6.67. The molecular weight excluding hydrogens is 306 g/mol. The molecule has 0 saturated carbocycles. The van der Waals surface area contributed by atoms with E-state index in [4.69, 9.17) is 4.74 Å². The van der Waals surface area contributed by atoms with Crippen molar-refractivity contribution in [3.63, 3.8) is 0 Å². The average molecular weight is 325 g/mol. The normalized spacial score (nSPS) is 36.2. The van der Waals surface area contributed by atoms with Gasteiger partial charge in [-0.25, -0.2) is 0 Å². The van der Waals surface area contributed by atoms with Crippen molar-refractivity contribution in [2.75, 3.05) is 4.90 Å². The van der Waals surface area contributed by atoms with E-state index < -0.39 is 29.5 Å². The van der Waals surface area contributed by atoms with Crippen LogP contribution in [-0.4, -0.2) is 34.7 Å². The molecule has 2 saturated heterocycles. The number of amides is 1. The fourth-order valence-electron chi connectivity index (χ4n) is 4.50. The molecule has 2 bridgehead atoms. The number of benzene rings is 1. The summed E-state index contributed by atoms with van der Waals surface area (Å²) >= 11 is 0. The number of fused-ring (bicyclic) bond motifs is 1. The molecule has 124 valence electrons. The third kappa shape index (κ3) is 1.73. The summed E-state index contributed by atoms with van der Waals surface area (Å²) in [4.78, 5) is 26.7. The van der Waals surface area contributed by atoms with E-state index in [-0.39, 0.29) is 11.9 Å². The zero-order valence-corrected chi connectivity index (χ0v) is 13.4. The van der Waals surface area contributed by atoms with Gasteiger partial charge in [0.1, 0.15) is 11.5 Å². The van der Waals surface area contributed by atoms with Crippen molar-refractivity contribution in [1.82, 2.24) is 0 Å². The lowest BCUT2D eigenvalue weighted by Gasteiger charge is -2.33. The molecule has 0 radical (unpaired) electrons. The molecule has 1 aromatic carbocycles. The monoisotopic (exact) mass is 325 g/mol. The van der Waals surface area contributed by atoms with E-state index in [9.17, 15) is 14.7 Å². The lowest BCUT2D eigenvalue weighted by Crippen LogP contribution is -2.45. The molecule has 24 heavy (non-hydrogen) atoms. The Hall–Kier alpha value is -2.40. The fraction of sp³-hybridized carbons (Fsp3) is 0.368. The highest BCUT2D eigenvalue weighted by molar-refractivity contribution is 6.03. The molecule has 5 nitrogen and oxygen atoms in total. The summed E-state index contributed by atoms with van der Waals surface area (Å²) in [5.41, 5.74) is 0.908. The number of hydrogen-bond acceptors (Lipinski definition) is 3. The number of carbonyl (C=O) groups excluding carboxylic acids is 1. The first-order valence-electron chi connectivity index (χ1n) is 8.11. The fourth-order valence-corrected chi connectivity index (χ4v) is 4.50. The van der Waals surface area contributed by atoms with Crippen LogP contribution in [-0.2, 0) is 14.3 Å². The number of ether oxygens (including phenoxy) is 1. The Morgan fingerprint density at radius 3 is 2.88 bits per heavy atom. The molecule has 3 aliphatic rings. The number of aryl methyl sites for hydroxylation is 1. The van der Waals surface area contributed by atoms with Gasteiger partial charge in [-0.05, 0) is 25.0 Å². The highest BCUT2D eigenvalue weighted by atomic mass is 16.5. The van der Waals surface area contributed by atoms with Gasteiger partial charge in [0.15, 0.2) is 0 Å². The van der Waals surface area contributed by atoms with Crippen LogP contribution in [0, 0.1) is 18.8 Å². The van der Waals surface area contributed by atoms with Crippen molar-refractivity contribution in [3.05, 3.63) is 54.6 Å². The van der Waals surface area contributed by atoms with Gasteiger partial charge < -0.3 is 14.7 Å². The predicted octanol–water partition coefficient (Wildman–Crippen LogP) is 2.31. The van der Waals surface area contributed by atoms with E-state index >= 15 is 0 Å². The highest BCUT2D eigenvalue weighted by Crippen LogP contribution is 2.56. The first-order valence-corrected chi connectivity index (χ1v) is 8.11. The molecule has 1 amide bonds. The number of hydrogen-bond donors (Lipinski definition) is 1. The van der Waals surface area contributed by atoms with Crippen LogP contribution in [0.5, 0.6) is 0 Å². The van der Waals surface area contributed by atoms with Gasteiger partial charge in [-0.3, -0.25) is 9.59 Å². The van der Waals surface area contributed by atoms with Gasteiger partial charge in [-0.2, -0.15) is 0 Å². The molecule has 3 aliphatic heterocycles. The first kappa shape index (κ1) is 15.1. The third-order valence-corrected chi connectivity index (χ3v) is 5.47. The minimum Gasteiger partial charge on any atom is -0.481 e. The molecule has 1 spiro atoms. The molecule has 5 heteroatoms. The van der Waals surface area contributed by atoms with Crippen LogP contribution in [0.4, 0.5) is 5.69 Å². The molecule has 0 unspecified atom stereocenters. The summed E-state index contributed by atoms with van der Waals surface area (Å²) < 4.78 is 6.08. The number of carboxylic acids is 1. The quantitative estimate of drug-likeness (QED) is 0.863. The van der Waals surface area contributed by atoms with Crippen molar-refractivity contribution in [2.45, 2.75) is 31.1 Å². The number of para-hydroxylation sites is 1. The Balaban J connectivity index is 1.87. The van der Waals surface area contributed by atoms with Crippen molar-refractivity contribution < 1.29 is 19.4 Å². The second kappa shape index (κ2) is 5.05. The molecule has 3 heterocycles. The molecule has 5 atom stereocenters. The topological polar surface area (TPSA) is 66.8 Å². The molecule has 1 aromatic rings. The van der Waals surface area contributed by atoms with Crippen molar-refractivity contribution in [3.8, 4) is 0 Å². The van der Waals surface area contributed by atoms with Crippen molar-refractivity contribution in [1.29, 1.82) is 0 Å². The van der Waals surface area contributed by atoms with Gasteiger partial charge in [-0.15, -0.1) is 6.58 Å². The van der Waals surface area contributed by atoms with Crippen LogP contribution in [0.3, 0.4) is 0 Å². The number of rotatable bonds is 4. The minimum absolute atomic E-state index is 0.171. The molecular formula is C19H19NO4.